The van der Waals surface area contributed by atoms with E-state index >= 15 is 0 Å². The SMILES string of the molecule is COc1ccc(NC(=O)c2cc(C)ccc2Cl)cc1C(=O)Nc1ccc(Br)cc1. The Labute approximate surface area is 182 Å². The van der Waals surface area contributed by atoms with E-state index in [0.29, 0.717) is 33.3 Å². The molecule has 2 N–H and O–H groups in total. The van der Waals surface area contributed by atoms with Crippen molar-refractivity contribution >= 4 is 50.7 Å². The van der Waals surface area contributed by atoms with Crippen molar-refractivity contribution in [3.8, 4) is 5.75 Å². The van der Waals surface area contributed by atoms with Crippen LogP contribution in [0.1, 0.15) is 26.3 Å². The number of halogens is 2. The predicted octanol–water partition coefficient (Wildman–Crippen LogP) is 5.92. The molecule has 0 aromatic heterocycles. The van der Waals surface area contributed by atoms with E-state index in [4.69, 9.17) is 16.3 Å². The highest BCUT2D eigenvalue weighted by atomic mass is 79.9. The van der Waals surface area contributed by atoms with Crippen LogP contribution < -0.4 is 15.4 Å². The molecule has 29 heavy (non-hydrogen) atoms. The molecule has 0 saturated heterocycles. The maximum absolute atomic E-state index is 12.7. The molecule has 2 amide bonds. The van der Waals surface area contributed by atoms with E-state index in [2.05, 4.69) is 26.6 Å². The van der Waals surface area contributed by atoms with Gasteiger partial charge in [0, 0.05) is 15.8 Å². The first-order valence-electron chi connectivity index (χ1n) is 8.70. The summed E-state index contributed by atoms with van der Waals surface area (Å²) in [5.41, 5.74) is 2.67. The van der Waals surface area contributed by atoms with Crippen LogP contribution in [0, 0.1) is 6.92 Å². The Kier molecular flexibility index (Phi) is 6.56. The molecule has 0 aliphatic heterocycles. The number of methoxy groups -OCH3 is 1. The van der Waals surface area contributed by atoms with Gasteiger partial charge in [-0.25, -0.2) is 0 Å². The van der Waals surface area contributed by atoms with Gasteiger partial charge in [0.1, 0.15) is 5.75 Å². The van der Waals surface area contributed by atoms with Crippen molar-refractivity contribution in [2.24, 2.45) is 0 Å². The molecule has 148 valence electrons. The maximum atomic E-state index is 12.7. The van der Waals surface area contributed by atoms with E-state index in [-0.39, 0.29) is 11.8 Å². The highest BCUT2D eigenvalue weighted by Crippen LogP contribution is 2.26. The first-order valence-corrected chi connectivity index (χ1v) is 9.87. The van der Waals surface area contributed by atoms with Crippen LogP contribution >= 0.6 is 27.5 Å². The van der Waals surface area contributed by atoms with E-state index in [1.807, 2.05) is 25.1 Å². The Morgan fingerprint density at radius 1 is 0.862 bits per heavy atom. The zero-order valence-electron chi connectivity index (χ0n) is 15.8. The summed E-state index contributed by atoms with van der Waals surface area (Å²) in [4.78, 5) is 25.4. The fourth-order valence-electron chi connectivity index (χ4n) is 2.71. The lowest BCUT2D eigenvalue weighted by atomic mass is 10.1. The van der Waals surface area contributed by atoms with Crippen LogP contribution in [0.25, 0.3) is 0 Å². The Morgan fingerprint density at radius 2 is 1.48 bits per heavy atom. The van der Waals surface area contributed by atoms with Crippen molar-refractivity contribution < 1.29 is 14.3 Å². The molecule has 0 atom stereocenters. The molecular formula is C22H18BrClN2O3. The van der Waals surface area contributed by atoms with Gasteiger partial charge in [-0.15, -0.1) is 0 Å². The van der Waals surface area contributed by atoms with Gasteiger partial charge in [0.05, 0.1) is 23.3 Å². The standard InChI is InChI=1S/C22H18BrClN2O3/c1-13-3-9-19(24)17(11-13)21(27)26-16-8-10-20(29-2)18(12-16)22(28)25-15-6-4-14(23)5-7-15/h3-12H,1-2H3,(H,25,28)(H,26,27). The predicted molar refractivity (Wildman–Crippen MR) is 119 cm³/mol. The van der Waals surface area contributed by atoms with Crippen LogP contribution in [0.2, 0.25) is 5.02 Å². The number of hydrogen-bond donors (Lipinski definition) is 2. The second-order valence-corrected chi connectivity index (χ2v) is 7.64. The van der Waals surface area contributed by atoms with Crippen LogP contribution in [-0.2, 0) is 0 Å². The number of carbonyl (C=O) groups is 2. The summed E-state index contributed by atoms with van der Waals surface area (Å²) in [6, 6.07) is 17.3. The van der Waals surface area contributed by atoms with Gasteiger partial charge in [0.2, 0.25) is 0 Å². The quantitative estimate of drug-likeness (QED) is 0.483. The van der Waals surface area contributed by atoms with Crippen LogP contribution in [0.15, 0.2) is 65.1 Å². The molecule has 3 rings (SSSR count). The van der Waals surface area contributed by atoms with Gasteiger partial charge in [0.25, 0.3) is 11.8 Å². The normalized spacial score (nSPS) is 10.3. The number of benzene rings is 3. The molecule has 0 radical (unpaired) electrons. The molecule has 0 bridgehead atoms. The number of amides is 2. The minimum absolute atomic E-state index is 0.295. The van der Waals surface area contributed by atoms with Gasteiger partial charge >= 0.3 is 0 Å². The third kappa shape index (κ3) is 5.16. The molecule has 0 heterocycles. The van der Waals surface area contributed by atoms with Crippen molar-refractivity contribution in [3.05, 3.63) is 86.8 Å². The summed E-state index contributed by atoms with van der Waals surface area (Å²) in [6.45, 7) is 1.88. The summed E-state index contributed by atoms with van der Waals surface area (Å²) in [5, 5.41) is 5.95. The number of anilines is 2. The molecule has 0 spiro atoms. The summed E-state index contributed by atoms with van der Waals surface area (Å²) in [5.74, 6) is -0.316. The molecule has 3 aromatic carbocycles. The summed E-state index contributed by atoms with van der Waals surface area (Å²) >= 11 is 9.50. The first-order chi connectivity index (χ1) is 13.9. The summed E-state index contributed by atoms with van der Waals surface area (Å²) in [7, 11) is 1.48. The lowest BCUT2D eigenvalue weighted by Crippen LogP contribution is -2.16. The fraction of sp³-hybridized carbons (Fsp3) is 0.0909. The fourth-order valence-corrected chi connectivity index (χ4v) is 3.17. The number of hydrogen-bond acceptors (Lipinski definition) is 3. The third-order valence-corrected chi connectivity index (χ3v) is 5.03. The highest BCUT2D eigenvalue weighted by Gasteiger charge is 2.16. The monoisotopic (exact) mass is 472 g/mol. The Morgan fingerprint density at radius 3 is 2.17 bits per heavy atom. The van der Waals surface area contributed by atoms with Gasteiger partial charge in [-0.05, 0) is 61.5 Å². The summed E-state index contributed by atoms with van der Waals surface area (Å²) in [6.07, 6.45) is 0. The lowest BCUT2D eigenvalue weighted by Gasteiger charge is -2.13. The molecule has 0 unspecified atom stereocenters. The van der Waals surface area contributed by atoms with Crippen molar-refractivity contribution in [2.45, 2.75) is 6.92 Å². The largest absolute Gasteiger partial charge is 0.496 e. The lowest BCUT2D eigenvalue weighted by molar-refractivity contribution is 0.101. The summed E-state index contributed by atoms with van der Waals surface area (Å²) < 4.78 is 6.21. The van der Waals surface area contributed by atoms with Crippen molar-refractivity contribution in [3.63, 3.8) is 0 Å². The molecule has 5 nitrogen and oxygen atoms in total. The van der Waals surface area contributed by atoms with Crippen LogP contribution in [0.5, 0.6) is 5.75 Å². The van der Waals surface area contributed by atoms with Crippen molar-refractivity contribution in [1.29, 1.82) is 0 Å². The Hall–Kier alpha value is -2.83. The van der Waals surface area contributed by atoms with E-state index in [1.165, 1.54) is 7.11 Å². The van der Waals surface area contributed by atoms with Crippen molar-refractivity contribution in [1.82, 2.24) is 0 Å². The van der Waals surface area contributed by atoms with E-state index < -0.39 is 0 Å². The van der Waals surface area contributed by atoms with Crippen molar-refractivity contribution in [2.75, 3.05) is 17.7 Å². The second-order valence-electron chi connectivity index (χ2n) is 6.31. The zero-order valence-corrected chi connectivity index (χ0v) is 18.1. The smallest absolute Gasteiger partial charge is 0.259 e. The molecule has 0 saturated carbocycles. The van der Waals surface area contributed by atoms with Gasteiger partial charge in [-0.2, -0.15) is 0 Å². The van der Waals surface area contributed by atoms with Crippen LogP contribution in [-0.4, -0.2) is 18.9 Å². The number of carbonyl (C=O) groups excluding carboxylic acids is 2. The average molecular weight is 474 g/mol. The number of rotatable bonds is 5. The molecule has 0 fully saturated rings. The second kappa shape index (κ2) is 9.11. The van der Waals surface area contributed by atoms with Crippen LogP contribution in [0.4, 0.5) is 11.4 Å². The molecule has 0 aliphatic carbocycles. The topological polar surface area (TPSA) is 67.4 Å². The minimum Gasteiger partial charge on any atom is -0.496 e. The average Bonchev–Trinajstić information content (AvgIpc) is 2.71. The highest BCUT2D eigenvalue weighted by molar-refractivity contribution is 9.10. The zero-order chi connectivity index (χ0) is 21.0. The maximum Gasteiger partial charge on any atom is 0.259 e. The Balaban J connectivity index is 1.84. The molecular weight excluding hydrogens is 456 g/mol. The number of aryl methyl sites for hydroxylation is 1. The molecule has 3 aromatic rings. The first kappa shape index (κ1) is 20.9. The molecule has 7 heteroatoms. The minimum atomic E-state index is -0.358. The van der Waals surface area contributed by atoms with E-state index in [9.17, 15) is 9.59 Å². The van der Waals surface area contributed by atoms with Gasteiger partial charge in [-0.1, -0.05) is 39.2 Å². The third-order valence-electron chi connectivity index (χ3n) is 4.17. The Bertz CT molecular complexity index is 1070. The van der Waals surface area contributed by atoms with Crippen LogP contribution in [0.3, 0.4) is 0 Å². The van der Waals surface area contributed by atoms with Gasteiger partial charge in [0.15, 0.2) is 0 Å². The van der Waals surface area contributed by atoms with E-state index in [1.54, 1.807) is 42.5 Å². The van der Waals surface area contributed by atoms with Gasteiger partial charge in [-0.3, -0.25) is 9.59 Å². The van der Waals surface area contributed by atoms with E-state index in [0.717, 1.165) is 10.0 Å². The number of nitrogens with one attached hydrogen (secondary N) is 2. The molecule has 0 aliphatic rings. The number of ether oxygens (including phenoxy) is 1. The van der Waals surface area contributed by atoms with Gasteiger partial charge < -0.3 is 15.4 Å².